The molecule has 0 aliphatic carbocycles. The van der Waals surface area contributed by atoms with Crippen LogP contribution in [0.2, 0.25) is 0 Å². The SMILES string of the molecule is CCCC(C)Nc1cnc(C(N)=S)cn1. The molecule has 1 atom stereocenters. The van der Waals surface area contributed by atoms with Crippen molar-refractivity contribution in [2.24, 2.45) is 5.73 Å². The number of anilines is 1. The summed E-state index contributed by atoms with van der Waals surface area (Å²) in [5, 5.41) is 3.25. The zero-order valence-electron chi connectivity index (χ0n) is 9.03. The van der Waals surface area contributed by atoms with Crippen molar-refractivity contribution in [2.45, 2.75) is 32.7 Å². The van der Waals surface area contributed by atoms with Gasteiger partial charge in [0.05, 0.1) is 12.4 Å². The Balaban J connectivity index is 2.60. The van der Waals surface area contributed by atoms with Crippen LogP contribution in [0.25, 0.3) is 0 Å². The summed E-state index contributed by atoms with van der Waals surface area (Å²) >= 11 is 4.79. The van der Waals surface area contributed by atoms with E-state index in [1.807, 2.05) is 0 Å². The molecule has 0 radical (unpaired) electrons. The van der Waals surface area contributed by atoms with Crippen LogP contribution in [-0.4, -0.2) is 21.0 Å². The predicted octanol–water partition coefficient (Wildman–Crippen LogP) is 1.71. The monoisotopic (exact) mass is 224 g/mol. The number of nitrogens with two attached hydrogens (primary N) is 1. The van der Waals surface area contributed by atoms with Gasteiger partial charge >= 0.3 is 0 Å². The second kappa shape index (κ2) is 5.60. The van der Waals surface area contributed by atoms with E-state index in [0.29, 0.717) is 11.7 Å². The van der Waals surface area contributed by atoms with Gasteiger partial charge in [0, 0.05) is 6.04 Å². The number of hydrogen-bond donors (Lipinski definition) is 2. The molecule has 5 heteroatoms. The molecule has 82 valence electrons. The Morgan fingerprint density at radius 3 is 2.73 bits per heavy atom. The molecule has 0 saturated carbocycles. The fourth-order valence-corrected chi connectivity index (χ4v) is 1.39. The fraction of sp³-hybridized carbons (Fsp3) is 0.500. The number of thiocarbonyl (C=S) groups is 1. The molecule has 3 N–H and O–H groups in total. The van der Waals surface area contributed by atoms with Crippen LogP contribution in [0.5, 0.6) is 0 Å². The Morgan fingerprint density at radius 1 is 1.53 bits per heavy atom. The van der Waals surface area contributed by atoms with Crippen LogP contribution in [0.4, 0.5) is 5.82 Å². The largest absolute Gasteiger partial charge is 0.388 e. The summed E-state index contributed by atoms with van der Waals surface area (Å²) in [6.07, 6.45) is 5.50. The van der Waals surface area contributed by atoms with Gasteiger partial charge in [0.25, 0.3) is 0 Å². The third-order valence-corrected chi connectivity index (χ3v) is 2.23. The maximum atomic E-state index is 5.42. The third kappa shape index (κ3) is 3.79. The molecule has 0 spiro atoms. The highest BCUT2D eigenvalue weighted by Crippen LogP contribution is 2.06. The van der Waals surface area contributed by atoms with Gasteiger partial charge in [-0.15, -0.1) is 0 Å². The first-order valence-electron chi connectivity index (χ1n) is 5.02. The van der Waals surface area contributed by atoms with Crippen molar-refractivity contribution in [2.75, 3.05) is 5.32 Å². The lowest BCUT2D eigenvalue weighted by atomic mass is 10.2. The van der Waals surface area contributed by atoms with Crippen LogP contribution in [-0.2, 0) is 0 Å². The van der Waals surface area contributed by atoms with Gasteiger partial charge in [-0.1, -0.05) is 25.6 Å². The Bertz CT molecular complexity index is 323. The summed E-state index contributed by atoms with van der Waals surface area (Å²) in [7, 11) is 0. The maximum absolute atomic E-state index is 5.42. The molecule has 1 aromatic heterocycles. The van der Waals surface area contributed by atoms with Gasteiger partial charge in [-0.05, 0) is 13.3 Å². The van der Waals surface area contributed by atoms with Gasteiger partial charge in [-0.3, -0.25) is 0 Å². The zero-order chi connectivity index (χ0) is 11.3. The van der Waals surface area contributed by atoms with Crippen LogP contribution in [0.3, 0.4) is 0 Å². The van der Waals surface area contributed by atoms with Crippen molar-refractivity contribution < 1.29 is 0 Å². The van der Waals surface area contributed by atoms with Crippen molar-refractivity contribution in [1.82, 2.24) is 9.97 Å². The van der Waals surface area contributed by atoms with Crippen molar-refractivity contribution in [3.63, 3.8) is 0 Å². The predicted molar refractivity (Wildman–Crippen MR) is 65.9 cm³/mol. The molecule has 0 amide bonds. The van der Waals surface area contributed by atoms with Gasteiger partial charge < -0.3 is 11.1 Å². The standard InChI is InChI=1S/C10H16N4S/c1-3-4-7(2)14-9-6-12-8(5-13-9)10(11)15/h5-7H,3-4H2,1-2H3,(H2,11,15)(H,13,14). The second-order valence-corrected chi connectivity index (χ2v) is 3.93. The minimum atomic E-state index is 0.274. The van der Waals surface area contributed by atoms with E-state index in [2.05, 4.69) is 29.1 Å². The first kappa shape index (κ1) is 11.8. The summed E-state index contributed by atoms with van der Waals surface area (Å²) in [5.41, 5.74) is 5.98. The minimum Gasteiger partial charge on any atom is -0.388 e. The van der Waals surface area contributed by atoms with E-state index < -0.39 is 0 Å². The third-order valence-electron chi connectivity index (χ3n) is 2.02. The molecule has 0 aliphatic heterocycles. The maximum Gasteiger partial charge on any atom is 0.144 e. The quantitative estimate of drug-likeness (QED) is 0.745. The summed E-state index contributed by atoms with van der Waals surface area (Å²) in [4.78, 5) is 8.55. The van der Waals surface area contributed by atoms with E-state index in [4.69, 9.17) is 18.0 Å². The molecule has 0 bridgehead atoms. The first-order valence-corrected chi connectivity index (χ1v) is 5.42. The molecule has 1 unspecified atom stereocenters. The highest BCUT2D eigenvalue weighted by molar-refractivity contribution is 7.80. The fourth-order valence-electron chi connectivity index (χ4n) is 1.29. The number of nitrogens with one attached hydrogen (secondary N) is 1. The van der Waals surface area contributed by atoms with E-state index in [9.17, 15) is 0 Å². The molecule has 1 rings (SSSR count). The molecule has 0 saturated heterocycles. The molecule has 0 fully saturated rings. The average molecular weight is 224 g/mol. The van der Waals surface area contributed by atoms with Crippen LogP contribution in [0.15, 0.2) is 12.4 Å². The molecule has 1 aromatic rings. The van der Waals surface area contributed by atoms with E-state index >= 15 is 0 Å². The van der Waals surface area contributed by atoms with Gasteiger partial charge in [0.15, 0.2) is 0 Å². The molecular formula is C10H16N4S. The smallest absolute Gasteiger partial charge is 0.144 e. The lowest BCUT2D eigenvalue weighted by Gasteiger charge is -2.12. The van der Waals surface area contributed by atoms with E-state index in [1.54, 1.807) is 12.4 Å². The lowest BCUT2D eigenvalue weighted by Crippen LogP contribution is -2.17. The minimum absolute atomic E-state index is 0.274. The zero-order valence-corrected chi connectivity index (χ0v) is 9.84. The van der Waals surface area contributed by atoms with Crippen molar-refractivity contribution in [3.05, 3.63) is 18.1 Å². The Kier molecular flexibility index (Phi) is 4.42. The van der Waals surface area contributed by atoms with Crippen LogP contribution >= 0.6 is 12.2 Å². The average Bonchev–Trinajstić information content (AvgIpc) is 2.18. The van der Waals surface area contributed by atoms with Crippen molar-refractivity contribution >= 4 is 23.0 Å². The summed E-state index contributed by atoms with van der Waals surface area (Å²) < 4.78 is 0. The number of hydrogen-bond acceptors (Lipinski definition) is 4. The Hall–Kier alpha value is -1.23. The van der Waals surface area contributed by atoms with Gasteiger partial charge in [-0.2, -0.15) is 0 Å². The molecular weight excluding hydrogens is 208 g/mol. The first-order chi connectivity index (χ1) is 7.13. The normalized spacial score (nSPS) is 12.1. The van der Waals surface area contributed by atoms with Gasteiger partial charge in [0.2, 0.25) is 0 Å². The van der Waals surface area contributed by atoms with Gasteiger partial charge in [0.1, 0.15) is 16.5 Å². The van der Waals surface area contributed by atoms with Crippen LogP contribution in [0.1, 0.15) is 32.4 Å². The topological polar surface area (TPSA) is 63.8 Å². The van der Waals surface area contributed by atoms with Crippen LogP contribution < -0.4 is 11.1 Å². The molecule has 4 nitrogen and oxygen atoms in total. The highest BCUT2D eigenvalue weighted by atomic mass is 32.1. The molecule has 0 aromatic carbocycles. The Labute approximate surface area is 95.3 Å². The van der Waals surface area contributed by atoms with E-state index in [-0.39, 0.29) is 4.99 Å². The van der Waals surface area contributed by atoms with E-state index in [0.717, 1.165) is 18.7 Å². The Morgan fingerprint density at radius 2 is 2.27 bits per heavy atom. The molecule has 1 heterocycles. The highest BCUT2D eigenvalue weighted by Gasteiger charge is 2.03. The lowest BCUT2D eigenvalue weighted by molar-refractivity contribution is 0.687. The second-order valence-electron chi connectivity index (χ2n) is 3.49. The summed E-state index contributed by atoms with van der Waals surface area (Å²) in [6, 6.07) is 0.403. The summed E-state index contributed by atoms with van der Waals surface area (Å²) in [6.45, 7) is 4.27. The van der Waals surface area contributed by atoms with Crippen molar-refractivity contribution in [3.8, 4) is 0 Å². The number of rotatable bonds is 5. The summed E-state index contributed by atoms with van der Waals surface area (Å²) in [5.74, 6) is 0.760. The van der Waals surface area contributed by atoms with Gasteiger partial charge in [-0.25, -0.2) is 9.97 Å². The molecule has 15 heavy (non-hydrogen) atoms. The number of aromatic nitrogens is 2. The molecule has 0 aliphatic rings. The van der Waals surface area contributed by atoms with Crippen LogP contribution in [0, 0.1) is 0 Å². The van der Waals surface area contributed by atoms with Crippen molar-refractivity contribution in [1.29, 1.82) is 0 Å². The van der Waals surface area contributed by atoms with E-state index in [1.165, 1.54) is 0 Å². The number of nitrogens with zero attached hydrogens (tertiary/aromatic N) is 2.